The minimum absolute atomic E-state index is 0.0608. The molecule has 0 aliphatic carbocycles. The Kier molecular flexibility index (Phi) is 9.91. The SMILES string of the molecule is CC[C@H]1Cc2ccc(C(F)(F)F)cc2S(=O)(=O)N(Cc2cc([C@@H](OCc3cn(CC)nn3)C(C)(C)C(=O)OC)ccc2C)C1. The van der Waals surface area contributed by atoms with Gasteiger partial charge in [-0.15, -0.1) is 5.10 Å². The first-order valence-electron chi connectivity index (χ1n) is 14.5. The number of methoxy groups -OCH3 is 1. The number of sulfonamides is 1. The summed E-state index contributed by atoms with van der Waals surface area (Å²) in [6.07, 6.45) is -2.73. The highest BCUT2D eigenvalue weighted by molar-refractivity contribution is 7.89. The zero-order valence-corrected chi connectivity index (χ0v) is 26.6. The normalized spacial score (nSPS) is 18.0. The van der Waals surface area contributed by atoms with Crippen molar-refractivity contribution in [3.63, 3.8) is 0 Å². The second-order valence-corrected chi connectivity index (χ2v) is 13.7. The smallest absolute Gasteiger partial charge is 0.416 e. The lowest BCUT2D eigenvalue weighted by molar-refractivity contribution is -0.162. The Hall–Kier alpha value is -3.29. The second-order valence-electron chi connectivity index (χ2n) is 11.8. The predicted octanol–water partition coefficient (Wildman–Crippen LogP) is 5.86. The Morgan fingerprint density at radius 2 is 1.86 bits per heavy atom. The maximum atomic E-state index is 13.9. The number of carbonyl (C=O) groups is 1. The van der Waals surface area contributed by atoms with Crippen molar-refractivity contribution in [2.75, 3.05) is 13.7 Å². The van der Waals surface area contributed by atoms with E-state index in [1.165, 1.54) is 17.5 Å². The largest absolute Gasteiger partial charge is 0.469 e. The number of fused-ring (bicyclic) bond motifs is 1. The van der Waals surface area contributed by atoms with E-state index >= 15 is 0 Å². The maximum absolute atomic E-state index is 13.9. The van der Waals surface area contributed by atoms with Crippen LogP contribution in [0.5, 0.6) is 0 Å². The number of halogens is 3. The summed E-state index contributed by atoms with van der Waals surface area (Å²) in [7, 11) is -2.98. The van der Waals surface area contributed by atoms with Crippen LogP contribution in [0.15, 0.2) is 47.5 Å². The van der Waals surface area contributed by atoms with Gasteiger partial charge in [-0.2, -0.15) is 17.5 Å². The van der Waals surface area contributed by atoms with Crippen molar-refractivity contribution >= 4 is 16.0 Å². The molecule has 0 radical (unpaired) electrons. The fourth-order valence-corrected chi connectivity index (χ4v) is 7.25. The van der Waals surface area contributed by atoms with Crippen molar-refractivity contribution in [1.82, 2.24) is 19.3 Å². The summed E-state index contributed by atoms with van der Waals surface area (Å²) in [6, 6.07) is 8.39. The molecule has 44 heavy (non-hydrogen) atoms. The number of esters is 1. The molecule has 3 aromatic rings. The average molecular weight is 637 g/mol. The number of nitrogens with zero attached hydrogens (tertiary/aromatic N) is 4. The van der Waals surface area contributed by atoms with Crippen LogP contribution in [0.2, 0.25) is 0 Å². The van der Waals surface area contributed by atoms with Crippen LogP contribution in [0.25, 0.3) is 0 Å². The number of rotatable bonds is 10. The molecule has 2 aromatic carbocycles. The number of benzene rings is 2. The van der Waals surface area contributed by atoms with Crippen molar-refractivity contribution in [2.24, 2.45) is 11.3 Å². The first kappa shape index (κ1) is 33.6. The quantitative estimate of drug-likeness (QED) is 0.257. The van der Waals surface area contributed by atoms with E-state index in [1.54, 1.807) is 30.8 Å². The summed E-state index contributed by atoms with van der Waals surface area (Å²) in [5, 5.41) is 8.15. The highest BCUT2D eigenvalue weighted by Crippen LogP contribution is 2.40. The molecule has 0 unspecified atom stereocenters. The third kappa shape index (κ3) is 7.00. The molecule has 0 saturated carbocycles. The van der Waals surface area contributed by atoms with Gasteiger partial charge in [0.2, 0.25) is 10.0 Å². The van der Waals surface area contributed by atoms with Crippen molar-refractivity contribution in [3.8, 4) is 0 Å². The molecule has 0 N–H and O–H groups in total. The van der Waals surface area contributed by atoms with Crippen LogP contribution in [0.1, 0.15) is 73.7 Å². The lowest BCUT2D eigenvalue weighted by Gasteiger charge is -2.32. The monoisotopic (exact) mass is 636 g/mol. The molecule has 1 aliphatic rings. The van der Waals surface area contributed by atoms with Gasteiger partial charge in [0, 0.05) is 19.6 Å². The van der Waals surface area contributed by atoms with Crippen molar-refractivity contribution in [2.45, 2.75) is 84.3 Å². The maximum Gasteiger partial charge on any atom is 0.416 e. The van der Waals surface area contributed by atoms with Crippen LogP contribution in [0, 0.1) is 18.3 Å². The molecule has 9 nitrogen and oxygen atoms in total. The summed E-state index contributed by atoms with van der Waals surface area (Å²) >= 11 is 0. The Labute approximate surface area is 256 Å². The number of carbonyl (C=O) groups excluding carboxylic acids is 1. The molecule has 4 rings (SSSR count). The lowest BCUT2D eigenvalue weighted by atomic mass is 9.81. The summed E-state index contributed by atoms with van der Waals surface area (Å²) in [6.45, 7) is 9.88. The van der Waals surface area contributed by atoms with E-state index in [4.69, 9.17) is 9.47 Å². The van der Waals surface area contributed by atoms with Crippen molar-refractivity contribution in [1.29, 1.82) is 0 Å². The van der Waals surface area contributed by atoms with Gasteiger partial charge in [-0.1, -0.05) is 42.8 Å². The molecular weight excluding hydrogens is 597 g/mol. The van der Waals surface area contributed by atoms with Gasteiger partial charge in [-0.25, -0.2) is 8.42 Å². The van der Waals surface area contributed by atoms with E-state index in [1.807, 2.05) is 32.9 Å². The van der Waals surface area contributed by atoms with E-state index in [0.29, 0.717) is 41.8 Å². The topological polar surface area (TPSA) is 104 Å². The van der Waals surface area contributed by atoms with E-state index in [-0.39, 0.29) is 30.5 Å². The zero-order chi connectivity index (χ0) is 32.4. The van der Waals surface area contributed by atoms with Crippen LogP contribution < -0.4 is 0 Å². The lowest BCUT2D eigenvalue weighted by Crippen LogP contribution is -2.35. The number of aryl methyl sites for hydroxylation is 2. The van der Waals surface area contributed by atoms with Gasteiger partial charge in [0.05, 0.1) is 41.9 Å². The Balaban J connectivity index is 1.73. The molecule has 13 heteroatoms. The molecule has 2 heterocycles. The fraction of sp³-hybridized carbons (Fsp3) is 0.516. The molecule has 1 aliphatic heterocycles. The van der Waals surface area contributed by atoms with E-state index < -0.39 is 39.3 Å². The van der Waals surface area contributed by atoms with E-state index in [2.05, 4.69) is 10.3 Å². The number of ether oxygens (including phenoxy) is 2. The Morgan fingerprint density at radius 1 is 1.14 bits per heavy atom. The summed E-state index contributed by atoms with van der Waals surface area (Å²) in [4.78, 5) is 12.6. The Morgan fingerprint density at radius 3 is 2.48 bits per heavy atom. The third-order valence-electron chi connectivity index (χ3n) is 8.26. The first-order valence-corrected chi connectivity index (χ1v) is 15.9. The van der Waals surface area contributed by atoms with Gasteiger partial charge in [0.1, 0.15) is 5.69 Å². The van der Waals surface area contributed by atoms with Crippen LogP contribution >= 0.6 is 0 Å². The molecule has 0 bridgehead atoms. The van der Waals surface area contributed by atoms with Gasteiger partial charge in [-0.3, -0.25) is 9.48 Å². The number of hydrogen-bond donors (Lipinski definition) is 0. The fourth-order valence-electron chi connectivity index (χ4n) is 5.50. The number of hydrogen-bond acceptors (Lipinski definition) is 7. The molecule has 1 aromatic heterocycles. The molecule has 0 fully saturated rings. The summed E-state index contributed by atoms with van der Waals surface area (Å²) in [5.41, 5.74) is 0.847. The van der Waals surface area contributed by atoms with Crippen LogP contribution in [0.4, 0.5) is 13.2 Å². The Bertz CT molecular complexity index is 1600. The third-order valence-corrected chi connectivity index (χ3v) is 10.2. The van der Waals surface area contributed by atoms with Crippen LogP contribution in [0.3, 0.4) is 0 Å². The van der Waals surface area contributed by atoms with Crippen molar-refractivity contribution < 1.29 is 35.9 Å². The summed E-state index contributed by atoms with van der Waals surface area (Å²) in [5.74, 6) is -0.586. The van der Waals surface area contributed by atoms with Crippen LogP contribution in [-0.2, 0) is 56.6 Å². The van der Waals surface area contributed by atoms with Crippen LogP contribution in [-0.4, -0.2) is 47.3 Å². The standard InChI is InChI=1S/C31H39F3N4O5S/c1-7-21-13-22-11-12-25(31(32,33)34)15-27(22)44(40,41)38(16-21)17-24-14-23(10-9-20(24)3)28(30(4,5)29(39)42-6)43-19-26-18-37(8-2)36-35-26/h9-12,14-15,18,21,28H,7-8,13,16-17,19H2,1-6H3/t21-,28+/m0/s1. The minimum Gasteiger partial charge on any atom is -0.469 e. The van der Waals surface area contributed by atoms with Gasteiger partial charge in [0.25, 0.3) is 0 Å². The molecular formula is C31H39F3N4O5S. The molecule has 0 amide bonds. The van der Waals surface area contributed by atoms with Gasteiger partial charge >= 0.3 is 12.1 Å². The minimum atomic E-state index is -4.68. The van der Waals surface area contributed by atoms with Gasteiger partial charge in [0.15, 0.2) is 0 Å². The number of alkyl halides is 3. The predicted molar refractivity (Wildman–Crippen MR) is 157 cm³/mol. The highest BCUT2D eigenvalue weighted by atomic mass is 32.2. The van der Waals surface area contributed by atoms with Crippen molar-refractivity contribution in [3.05, 3.63) is 76.1 Å². The first-order chi connectivity index (χ1) is 20.6. The highest BCUT2D eigenvalue weighted by Gasteiger charge is 2.41. The molecule has 0 spiro atoms. The van der Waals surface area contributed by atoms with Gasteiger partial charge < -0.3 is 9.47 Å². The molecule has 0 saturated heterocycles. The van der Waals surface area contributed by atoms with E-state index in [9.17, 15) is 26.4 Å². The summed E-state index contributed by atoms with van der Waals surface area (Å²) < 4.78 is 82.9. The zero-order valence-electron chi connectivity index (χ0n) is 25.8. The average Bonchev–Trinajstić information content (AvgIpc) is 3.40. The van der Waals surface area contributed by atoms with Gasteiger partial charge in [-0.05, 0) is 74.4 Å². The van der Waals surface area contributed by atoms with E-state index in [0.717, 1.165) is 17.7 Å². The molecule has 2 atom stereocenters. The second kappa shape index (κ2) is 13.0. The number of aromatic nitrogens is 3. The molecule has 240 valence electrons.